The number of ether oxygens (including phenoxy) is 1. The third kappa shape index (κ3) is 3.61. The highest BCUT2D eigenvalue weighted by Gasteiger charge is 2.16. The molecule has 1 amide bonds. The molecule has 0 fully saturated rings. The van der Waals surface area contributed by atoms with Gasteiger partial charge in [-0.25, -0.2) is 0 Å². The smallest absolute Gasteiger partial charge is 0.256 e. The minimum absolute atomic E-state index is 0.121. The van der Waals surface area contributed by atoms with Crippen LogP contribution in [0.2, 0.25) is 5.02 Å². The number of benzene rings is 1. The number of rotatable bonds is 5. The number of nitrogens with two attached hydrogens (primary N) is 1. The number of nitrogens with zero attached hydrogens (tertiary/aromatic N) is 1. The maximum atomic E-state index is 12.2. The van der Waals surface area contributed by atoms with Crippen molar-refractivity contribution in [3.63, 3.8) is 0 Å². The summed E-state index contributed by atoms with van der Waals surface area (Å²) in [6.07, 6.45) is 0. The Morgan fingerprint density at radius 1 is 1.53 bits per heavy atom. The van der Waals surface area contributed by atoms with Gasteiger partial charge in [-0.15, -0.1) is 0 Å². The molecule has 0 aliphatic rings. The zero-order valence-corrected chi connectivity index (χ0v) is 10.8. The first-order chi connectivity index (χ1) is 8.10. The van der Waals surface area contributed by atoms with E-state index in [-0.39, 0.29) is 5.91 Å². The minimum Gasteiger partial charge on any atom is -0.398 e. The monoisotopic (exact) mass is 256 g/mol. The summed E-state index contributed by atoms with van der Waals surface area (Å²) in [5.41, 5.74) is 6.65. The first-order valence-corrected chi connectivity index (χ1v) is 5.81. The van der Waals surface area contributed by atoms with Gasteiger partial charge in [-0.3, -0.25) is 4.79 Å². The summed E-state index contributed by atoms with van der Waals surface area (Å²) >= 11 is 5.86. The van der Waals surface area contributed by atoms with Crippen molar-refractivity contribution in [2.45, 2.75) is 6.92 Å². The van der Waals surface area contributed by atoms with Crippen molar-refractivity contribution < 1.29 is 9.53 Å². The van der Waals surface area contributed by atoms with Crippen LogP contribution in [0.1, 0.15) is 17.3 Å². The second-order valence-electron chi connectivity index (χ2n) is 3.61. The van der Waals surface area contributed by atoms with Gasteiger partial charge < -0.3 is 15.4 Å². The van der Waals surface area contributed by atoms with Crippen LogP contribution < -0.4 is 5.73 Å². The molecule has 1 rings (SSSR count). The molecule has 5 heteroatoms. The topological polar surface area (TPSA) is 55.6 Å². The maximum absolute atomic E-state index is 12.2. The molecule has 0 radical (unpaired) electrons. The first-order valence-electron chi connectivity index (χ1n) is 5.43. The van der Waals surface area contributed by atoms with E-state index in [4.69, 9.17) is 22.1 Å². The Labute approximate surface area is 106 Å². The van der Waals surface area contributed by atoms with Gasteiger partial charge in [-0.1, -0.05) is 11.6 Å². The normalized spacial score (nSPS) is 10.3. The SMILES string of the molecule is CCN(CCOC)C(=O)c1cc(Cl)ccc1N. The summed E-state index contributed by atoms with van der Waals surface area (Å²) in [4.78, 5) is 13.9. The maximum Gasteiger partial charge on any atom is 0.256 e. The molecule has 0 saturated heterocycles. The number of hydrogen-bond acceptors (Lipinski definition) is 3. The molecule has 1 aromatic carbocycles. The molecule has 0 spiro atoms. The van der Waals surface area contributed by atoms with E-state index in [1.54, 1.807) is 30.2 Å². The van der Waals surface area contributed by atoms with Gasteiger partial charge in [0.2, 0.25) is 0 Å². The van der Waals surface area contributed by atoms with Crippen molar-refractivity contribution in [2.24, 2.45) is 0 Å². The number of likely N-dealkylation sites (N-methyl/N-ethyl adjacent to an activating group) is 1. The highest BCUT2D eigenvalue weighted by molar-refractivity contribution is 6.31. The summed E-state index contributed by atoms with van der Waals surface area (Å²) in [6, 6.07) is 4.90. The average molecular weight is 257 g/mol. The Morgan fingerprint density at radius 3 is 2.82 bits per heavy atom. The number of carbonyl (C=O) groups excluding carboxylic acids is 1. The van der Waals surface area contributed by atoms with E-state index >= 15 is 0 Å². The fourth-order valence-corrected chi connectivity index (χ4v) is 1.66. The Balaban J connectivity index is 2.89. The van der Waals surface area contributed by atoms with Crippen molar-refractivity contribution in [3.05, 3.63) is 28.8 Å². The summed E-state index contributed by atoms with van der Waals surface area (Å²) in [5, 5.41) is 0.505. The van der Waals surface area contributed by atoms with E-state index in [1.807, 2.05) is 6.92 Å². The fraction of sp³-hybridized carbons (Fsp3) is 0.417. The molecular formula is C12H17ClN2O2. The van der Waals surface area contributed by atoms with Crippen molar-refractivity contribution in [2.75, 3.05) is 32.5 Å². The predicted molar refractivity (Wildman–Crippen MR) is 69.3 cm³/mol. The Kier molecular flexibility index (Phi) is 5.25. The zero-order chi connectivity index (χ0) is 12.8. The highest BCUT2D eigenvalue weighted by atomic mass is 35.5. The fourth-order valence-electron chi connectivity index (χ4n) is 1.49. The van der Waals surface area contributed by atoms with Gasteiger partial charge in [-0.2, -0.15) is 0 Å². The molecule has 0 saturated carbocycles. The Hall–Kier alpha value is -1.26. The van der Waals surface area contributed by atoms with Gasteiger partial charge >= 0.3 is 0 Å². The standard InChI is InChI=1S/C12H17ClN2O2/c1-3-15(6-7-17-2)12(16)10-8-9(13)4-5-11(10)14/h4-5,8H,3,6-7,14H2,1-2H3. The molecule has 0 atom stereocenters. The lowest BCUT2D eigenvalue weighted by Gasteiger charge is -2.21. The summed E-state index contributed by atoms with van der Waals surface area (Å²) in [5.74, 6) is -0.121. The lowest BCUT2D eigenvalue weighted by atomic mass is 10.1. The van der Waals surface area contributed by atoms with Crippen molar-refractivity contribution in [1.82, 2.24) is 4.90 Å². The van der Waals surface area contributed by atoms with E-state index in [2.05, 4.69) is 0 Å². The van der Waals surface area contributed by atoms with Crippen LogP contribution in [0, 0.1) is 0 Å². The largest absolute Gasteiger partial charge is 0.398 e. The molecule has 0 aliphatic heterocycles. The number of hydrogen-bond donors (Lipinski definition) is 1. The minimum atomic E-state index is -0.121. The number of amides is 1. The van der Waals surface area contributed by atoms with Crippen molar-refractivity contribution in [1.29, 1.82) is 0 Å². The third-order valence-electron chi connectivity index (χ3n) is 2.48. The van der Waals surface area contributed by atoms with Crippen LogP contribution in [-0.2, 0) is 4.74 Å². The molecule has 0 aliphatic carbocycles. The molecular weight excluding hydrogens is 240 g/mol. The van der Waals surface area contributed by atoms with E-state index in [1.165, 1.54) is 0 Å². The Bertz CT molecular complexity index is 396. The molecule has 94 valence electrons. The number of methoxy groups -OCH3 is 1. The van der Waals surface area contributed by atoms with E-state index < -0.39 is 0 Å². The van der Waals surface area contributed by atoms with Crippen LogP contribution in [0.5, 0.6) is 0 Å². The van der Waals surface area contributed by atoms with Gasteiger partial charge in [0.25, 0.3) is 5.91 Å². The lowest BCUT2D eigenvalue weighted by Crippen LogP contribution is -2.34. The van der Waals surface area contributed by atoms with Gasteiger partial charge in [0.15, 0.2) is 0 Å². The summed E-state index contributed by atoms with van der Waals surface area (Å²) in [7, 11) is 1.60. The number of carbonyl (C=O) groups is 1. The number of nitrogen functional groups attached to an aromatic ring is 1. The molecule has 17 heavy (non-hydrogen) atoms. The van der Waals surface area contributed by atoms with Gasteiger partial charge in [0.05, 0.1) is 12.2 Å². The summed E-state index contributed by atoms with van der Waals surface area (Å²) in [6.45, 7) is 3.56. The quantitative estimate of drug-likeness (QED) is 0.820. The zero-order valence-electron chi connectivity index (χ0n) is 10.1. The molecule has 4 nitrogen and oxygen atoms in total. The lowest BCUT2D eigenvalue weighted by molar-refractivity contribution is 0.0707. The average Bonchev–Trinajstić information content (AvgIpc) is 2.33. The highest BCUT2D eigenvalue weighted by Crippen LogP contribution is 2.19. The molecule has 0 bridgehead atoms. The van der Waals surface area contributed by atoms with Crippen LogP contribution in [0.4, 0.5) is 5.69 Å². The van der Waals surface area contributed by atoms with Crippen LogP contribution in [0.25, 0.3) is 0 Å². The second-order valence-corrected chi connectivity index (χ2v) is 4.05. The van der Waals surface area contributed by atoms with E-state index in [9.17, 15) is 4.79 Å². The van der Waals surface area contributed by atoms with Gasteiger partial charge in [0, 0.05) is 30.9 Å². The van der Waals surface area contributed by atoms with Gasteiger partial charge in [0.1, 0.15) is 0 Å². The number of halogens is 1. The summed E-state index contributed by atoms with van der Waals surface area (Å²) < 4.78 is 4.96. The second kappa shape index (κ2) is 6.47. The van der Waals surface area contributed by atoms with Crippen molar-refractivity contribution >= 4 is 23.2 Å². The van der Waals surface area contributed by atoms with E-state index in [0.29, 0.717) is 36.0 Å². The Morgan fingerprint density at radius 2 is 2.24 bits per heavy atom. The van der Waals surface area contributed by atoms with Crippen LogP contribution in [-0.4, -0.2) is 37.6 Å². The first kappa shape index (κ1) is 13.8. The van der Waals surface area contributed by atoms with Crippen LogP contribution >= 0.6 is 11.6 Å². The molecule has 0 aromatic heterocycles. The molecule has 0 heterocycles. The van der Waals surface area contributed by atoms with Crippen molar-refractivity contribution in [3.8, 4) is 0 Å². The molecule has 2 N–H and O–H groups in total. The molecule has 0 unspecified atom stereocenters. The molecule has 1 aromatic rings. The number of anilines is 1. The van der Waals surface area contributed by atoms with Crippen LogP contribution in [0.3, 0.4) is 0 Å². The third-order valence-corrected chi connectivity index (χ3v) is 2.72. The van der Waals surface area contributed by atoms with Gasteiger partial charge in [-0.05, 0) is 25.1 Å². The van der Waals surface area contributed by atoms with E-state index in [0.717, 1.165) is 0 Å². The van der Waals surface area contributed by atoms with Crippen LogP contribution in [0.15, 0.2) is 18.2 Å². The predicted octanol–water partition coefficient (Wildman–Crippen LogP) is 2.03.